The van der Waals surface area contributed by atoms with Gasteiger partial charge in [-0.3, -0.25) is 14.6 Å². The molecule has 0 spiro atoms. The molecule has 5 aromatic rings. The van der Waals surface area contributed by atoms with Crippen LogP contribution in [0, 0.1) is 0 Å². The first kappa shape index (κ1) is 22.1. The van der Waals surface area contributed by atoms with Crippen molar-refractivity contribution in [1.29, 1.82) is 0 Å². The molecule has 1 aliphatic carbocycles. The number of amides is 1. The van der Waals surface area contributed by atoms with Crippen molar-refractivity contribution in [3.05, 3.63) is 89.9 Å². The van der Waals surface area contributed by atoms with Crippen LogP contribution in [0.5, 0.6) is 0 Å². The van der Waals surface area contributed by atoms with Gasteiger partial charge in [0.25, 0.3) is 0 Å². The van der Waals surface area contributed by atoms with E-state index >= 15 is 0 Å². The maximum Gasteiger partial charge on any atom is 0.223 e. The zero-order valence-electron chi connectivity index (χ0n) is 19.4. The molecule has 0 saturated heterocycles. The SMILES string of the molecule is CC(=O)Nc1nc2c(s1)-c1c(c(-c3cccnc3)nn1-c1cccc(-c3ccccc3C=O)c1)CC2. The van der Waals surface area contributed by atoms with Crippen LogP contribution < -0.4 is 5.32 Å². The first-order valence-electron chi connectivity index (χ1n) is 11.6. The summed E-state index contributed by atoms with van der Waals surface area (Å²) in [5, 5.41) is 8.49. The van der Waals surface area contributed by atoms with Gasteiger partial charge in [0.05, 0.1) is 27.6 Å². The number of aldehydes is 1. The second-order valence-corrected chi connectivity index (χ2v) is 9.56. The normalized spacial score (nSPS) is 12.0. The molecule has 0 saturated carbocycles. The third-order valence-electron chi connectivity index (χ3n) is 6.22. The van der Waals surface area contributed by atoms with E-state index in [1.54, 1.807) is 6.20 Å². The number of benzene rings is 2. The van der Waals surface area contributed by atoms with Crippen molar-refractivity contribution >= 4 is 28.7 Å². The van der Waals surface area contributed by atoms with E-state index in [1.165, 1.54) is 18.3 Å². The highest BCUT2D eigenvalue weighted by Crippen LogP contribution is 2.44. The molecule has 176 valence electrons. The molecule has 0 radical (unpaired) electrons. The molecule has 0 unspecified atom stereocenters. The van der Waals surface area contributed by atoms with Crippen LogP contribution in [-0.4, -0.2) is 31.9 Å². The van der Waals surface area contributed by atoms with Gasteiger partial charge in [0, 0.05) is 36.0 Å². The van der Waals surface area contributed by atoms with Crippen molar-refractivity contribution < 1.29 is 9.59 Å². The van der Waals surface area contributed by atoms with Gasteiger partial charge < -0.3 is 5.32 Å². The largest absolute Gasteiger partial charge is 0.302 e. The molecular weight excluding hydrogens is 470 g/mol. The van der Waals surface area contributed by atoms with E-state index in [-0.39, 0.29) is 5.91 Å². The number of aromatic nitrogens is 4. The Labute approximate surface area is 211 Å². The quantitative estimate of drug-likeness (QED) is 0.324. The van der Waals surface area contributed by atoms with Gasteiger partial charge in [-0.2, -0.15) is 5.10 Å². The summed E-state index contributed by atoms with van der Waals surface area (Å²) < 4.78 is 1.96. The summed E-state index contributed by atoms with van der Waals surface area (Å²) in [6, 6.07) is 19.5. The summed E-state index contributed by atoms with van der Waals surface area (Å²) in [5.41, 5.74) is 8.22. The minimum atomic E-state index is -0.146. The molecule has 1 N–H and O–H groups in total. The van der Waals surface area contributed by atoms with Gasteiger partial charge in [0.2, 0.25) is 5.91 Å². The molecule has 0 fully saturated rings. The van der Waals surface area contributed by atoms with E-state index in [0.29, 0.717) is 10.7 Å². The smallest absolute Gasteiger partial charge is 0.223 e. The highest BCUT2D eigenvalue weighted by Gasteiger charge is 2.30. The lowest BCUT2D eigenvalue weighted by Crippen LogP contribution is -2.07. The second kappa shape index (κ2) is 8.98. The van der Waals surface area contributed by atoms with Gasteiger partial charge in [-0.25, -0.2) is 9.67 Å². The van der Waals surface area contributed by atoms with Crippen LogP contribution in [-0.2, 0) is 17.6 Å². The summed E-state index contributed by atoms with van der Waals surface area (Å²) in [6.45, 7) is 1.49. The van der Waals surface area contributed by atoms with E-state index < -0.39 is 0 Å². The number of carbonyl (C=O) groups is 2. The molecule has 1 aliphatic rings. The van der Waals surface area contributed by atoms with Crippen LogP contribution in [0.4, 0.5) is 5.13 Å². The zero-order chi connectivity index (χ0) is 24.6. The maximum absolute atomic E-state index is 11.7. The van der Waals surface area contributed by atoms with Crippen LogP contribution in [0.15, 0.2) is 73.1 Å². The molecule has 0 aliphatic heterocycles. The van der Waals surface area contributed by atoms with E-state index in [1.807, 2.05) is 71.5 Å². The summed E-state index contributed by atoms with van der Waals surface area (Å²) in [7, 11) is 0. The van der Waals surface area contributed by atoms with Gasteiger partial charge in [-0.1, -0.05) is 47.7 Å². The van der Waals surface area contributed by atoms with Crippen molar-refractivity contribution in [3.63, 3.8) is 0 Å². The predicted molar refractivity (Wildman–Crippen MR) is 140 cm³/mol. The lowest BCUT2D eigenvalue weighted by molar-refractivity contribution is -0.114. The fourth-order valence-corrected chi connectivity index (χ4v) is 5.78. The Kier molecular flexibility index (Phi) is 5.50. The van der Waals surface area contributed by atoms with Crippen molar-refractivity contribution in [2.24, 2.45) is 0 Å². The number of anilines is 1. The first-order valence-corrected chi connectivity index (χ1v) is 12.4. The number of fused-ring (bicyclic) bond motifs is 3. The topological polar surface area (TPSA) is 89.8 Å². The van der Waals surface area contributed by atoms with E-state index in [9.17, 15) is 9.59 Å². The number of hydrogen-bond acceptors (Lipinski definition) is 6. The van der Waals surface area contributed by atoms with Crippen molar-refractivity contribution in [3.8, 4) is 38.6 Å². The van der Waals surface area contributed by atoms with Gasteiger partial charge in [0.15, 0.2) is 11.4 Å². The predicted octanol–water partition coefficient (Wildman–Crippen LogP) is 5.59. The van der Waals surface area contributed by atoms with Gasteiger partial charge in [0.1, 0.15) is 0 Å². The summed E-state index contributed by atoms with van der Waals surface area (Å²) in [6.07, 6.45) is 6.01. The Morgan fingerprint density at radius 1 is 1.06 bits per heavy atom. The van der Waals surface area contributed by atoms with Gasteiger partial charge in [-0.05, 0) is 48.2 Å². The molecule has 0 atom stereocenters. The summed E-state index contributed by atoms with van der Waals surface area (Å²) in [5.74, 6) is -0.146. The van der Waals surface area contributed by atoms with Crippen molar-refractivity contribution in [1.82, 2.24) is 19.7 Å². The number of rotatable bonds is 5. The number of pyridine rings is 1. The molecule has 3 aromatic heterocycles. The van der Waals surface area contributed by atoms with Crippen LogP contribution in [0.2, 0.25) is 0 Å². The third-order valence-corrected chi connectivity index (χ3v) is 7.23. The molecule has 8 heteroatoms. The summed E-state index contributed by atoms with van der Waals surface area (Å²) >= 11 is 1.46. The number of nitrogens with one attached hydrogen (secondary N) is 1. The first-order chi connectivity index (χ1) is 17.6. The van der Waals surface area contributed by atoms with Crippen molar-refractivity contribution in [2.45, 2.75) is 19.8 Å². The Morgan fingerprint density at radius 3 is 2.72 bits per heavy atom. The molecule has 0 bridgehead atoms. The second-order valence-electron chi connectivity index (χ2n) is 8.56. The van der Waals surface area contributed by atoms with Crippen LogP contribution in [0.3, 0.4) is 0 Å². The highest BCUT2D eigenvalue weighted by molar-refractivity contribution is 7.19. The fraction of sp³-hybridized carbons (Fsp3) is 0.107. The zero-order valence-corrected chi connectivity index (χ0v) is 20.2. The minimum absolute atomic E-state index is 0.146. The molecule has 36 heavy (non-hydrogen) atoms. The lowest BCUT2D eigenvalue weighted by Gasteiger charge is -2.15. The van der Waals surface area contributed by atoms with Gasteiger partial charge >= 0.3 is 0 Å². The highest BCUT2D eigenvalue weighted by atomic mass is 32.1. The molecule has 6 rings (SSSR count). The molecular formula is C28H21N5O2S. The lowest BCUT2D eigenvalue weighted by atomic mass is 9.95. The average molecular weight is 492 g/mol. The monoisotopic (exact) mass is 491 g/mol. The van der Waals surface area contributed by atoms with Crippen LogP contribution in [0.1, 0.15) is 28.5 Å². The van der Waals surface area contributed by atoms with E-state index in [4.69, 9.17) is 5.10 Å². The molecule has 1 amide bonds. The Balaban J connectivity index is 1.56. The minimum Gasteiger partial charge on any atom is -0.302 e. The van der Waals surface area contributed by atoms with Gasteiger partial charge in [-0.15, -0.1) is 0 Å². The maximum atomic E-state index is 11.7. The number of aryl methyl sites for hydroxylation is 1. The number of hydrogen-bond donors (Lipinski definition) is 1. The van der Waals surface area contributed by atoms with Crippen LogP contribution in [0.25, 0.3) is 38.6 Å². The standard InChI is InChI=1S/C28H21N5O2S/c1-17(35)30-28-31-24-12-11-23-25(19-8-5-13-29-15-19)32-33(26(23)27(24)36-28)21-9-4-7-18(14-21)22-10-3-2-6-20(22)16-34/h2-10,13-16H,11-12H2,1H3,(H,30,31,35). The Hall–Kier alpha value is -4.43. The third kappa shape index (κ3) is 3.81. The Bertz CT molecular complexity index is 1620. The number of thiazole rings is 1. The molecule has 7 nitrogen and oxygen atoms in total. The number of carbonyl (C=O) groups excluding carboxylic acids is 2. The number of nitrogens with zero attached hydrogens (tertiary/aromatic N) is 4. The molecule has 3 heterocycles. The van der Waals surface area contributed by atoms with Crippen molar-refractivity contribution in [2.75, 3.05) is 5.32 Å². The van der Waals surface area contributed by atoms with Crippen LogP contribution >= 0.6 is 11.3 Å². The fourth-order valence-electron chi connectivity index (χ4n) is 4.66. The average Bonchev–Trinajstić information content (AvgIpc) is 3.50. The van der Waals surface area contributed by atoms with E-state index in [2.05, 4.69) is 15.3 Å². The summed E-state index contributed by atoms with van der Waals surface area (Å²) in [4.78, 5) is 33.3. The Morgan fingerprint density at radius 2 is 1.92 bits per heavy atom. The molecule has 2 aromatic carbocycles. The van der Waals surface area contributed by atoms with E-state index in [0.717, 1.165) is 69.0 Å².